The number of imidazole rings is 1. The average Bonchev–Trinajstić information content (AvgIpc) is 2.76. The maximum absolute atomic E-state index is 8.75. The Morgan fingerprint density at radius 1 is 1.57 bits per heavy atom. The van der Waals surface area contributed by atoms with Gasteiger partial charge in [-0.1, -0.05) is 0 Å². The summed E-state index contributed by atoms with van der Waals surface area (Å²) in [7, 11) is 0. The molecule has 0 aromatic carbocycles. The van der Waals surface area contributed by atoms with Crippen molar-refractivity contribution in [3.63, 3.8) is 0 Å². The summed E-state index contributed by atoms with van der Waals surface area (Å²) >= 11 is 5.06. The van der Waals surface area contributed by atoms with Gasteiger partial charge >= 0.3 is 0 Å². The molecular weight excluding hydrogens is 262 g/mol. The van der Waals surface area contributed by atoms with Crippen LogP contribution in [-0.4, -0.2) is 9.55 Å². The zero-order chi connectivity index (χ0) is 9.97. The first kappa shape index (κ1) is 9.44. The van der Waals surface area contributed by atoms with Crippen LogP contribution in [0.2, 0.25) is 0 Å². The predicted octanol–water partition coefficient (Wildman–Crippen LogP) is 2.63. The number of aromatic nitrogens is 2. The Morgan fingerprint density at radius 3 is 3.07 bits per heavy atom. The van der Waals surface area contributed by atoms with Crippen LogP contribution in [0.4, 0.5) is 0 Å². The third-order valence-corrected chi connectivity index (χ3v) is 3.38. The molecule has 0 amide bonds. The highest BCUT2D eigenvalue weighted by atomic mass is 79.9. The van der Waals surface area contributed by atoms with E-state index in [1.807, 2.05) is 29.0 Å². The van der Waals surface area contributed by atoms with Crippen LogP contribution in [0.15, 0.2) is 28.3 Å². The van der Waals surface area contributed by atoms with Crippen LogP contribution in [0.25, 0.3) is 0 Å². The Bertz CT molecular complexity index is 480. The molecule has 0 saturated carbocycles. The normalized spacial score (nSPS) is 10.0. The van der Waals surface area contributed by atoms with Crippen molar-refractivity contribution in [1.82, 2.24) is 9.55 Å². The van der Waals surface area contributed by atoms with Gasteiger partial charge in [-0.3, -0.25) is 0 Å². The lowest BCUT2D eigenvalue weighted by Crippen LogP contribution is -1.99. The van der Waals surface area contributed by atoms with Crippen LogP contribution in [0.1, 0.15) is 10.7 Å². The summed E-state index contributed by atoms with van der Waals surface area (Å²) in [4.78, 5) is 5.13. The fourth-order valence-electron chi connectivity index (χ4n) is 1.15. The van der Waals surface area contributed by atoms with Crippen molar-refractivity contribution >= 4 is 27.3 Å². The molecule has 5 heteroatoms. The van der Waals surface area contributed by atoms with Gasteiger partial charge in [-0.25, -0.2) is 4.98 Å². The van der Waals surface area contributed by atoms with Gasteiger partial charge in [-0.15, -0.1) is 11.3 Å². The SMILES string of the molecule is N#Cc1nccn1Cc1ccc(Br)s1. The van der Waals surface area contributed by atoms with E-state index in [-0.39, 0.29) is 0 Å². The van der Waals surface area contributed by atoms with Crippen LogP contribution >= 0.6 is 27.3 Å². The molecule has 0 unspecified atom stereocenters. The summed E-state index contributed by atoms with van der Waals surface area (Å²) in [6.07, 6.45) is 3.45. The third-order valence-electron chi connectivity index (χ3n) is 1.77. The highest BCUT2D eigenvalue weighted by Crippen LogP contribution is 2.22. The molecule has 0 aliphatic rings. The van der Waals surface area contributed by atoms with Gasteiger partial charge in [-0.2, -0.15) is 5.26 Å². The van der Waals surface area contributed by atoms with Crippen molar-refractivity contribution in [3.8, 4) is 6.07 Å². The molecule has 0 aliphatic heterocycles. The topological polar surface area (TPSA) is 41.6 Å². The lowest BCUT2D eigenvalue weighted by atomic mass is 10.4. The van der Waals surface area contributed by atoms with Gasteiger partial charge in [0.15, 0.2) is 0 Å². The van der Waals surface area contributed by atoms with Crippen LogP contribution in [-0.2, 0) is 6.54 Å². The molecule has 2 aromatic rings. The van der Waals surface area contributed by atoms with E-state index in [0.29, 0.717) is 12.4 Å². The number of nitrogens with zero attached hydrogens (tertiary/aromatic N) is 3. The fraction of sp³-hybridized carbons (Fsp3) is 0.111. The predicted molar refractivity (Wildman–Crippen MR) is 58.1 cm³/mol. The lowest BCUT2D eigenvalue weighted by molar-refractivity contribution is 0.794. The van der Waals surface area contributed by atoms with E-state index in [9.17, 15) is 0 Å². The Hall–Kier alpha value is -1.12. The summed E-state index contributed by atoms with van der Waals surface area (Å²) in [6.45, 7) is 0.707. The first-order chi connectivity index (χ1) is 6.79. The summed E-state index contributed by atoms with van der Waals surface area (Å²) in [6, 6.07) is 6.09. The quantitative estimate of drug-likeness (QED) is 0.840. The van der Waals surface area contributed by atoms with Crippen molar-refractivity contribution in [2.24, 2.45) is 0 Å². The molecule has 0 saturated heterocycles. The monoisotopic (exact) mass is 267 g/mol. The van der Waals surface area contributed by atoms with E-state index in [0.717, 1.165) is 3.79 Å². The molecule has 0 aliphatic carbocycles. The molecule has 2 rings (SSSR count). The highest BCUT2D eigenvalue weighted by molar-refractivity contribution is 9.11. The van der Waals surface area contributed by atoms with Gasteiger partial charge < -0.3 is 4.57 Å². The van der Waals surface area contributed by atoms with E-state index in [1.54, 1.807) is 17.5 Å². The molecule has 2 heterocycles. The standard InChI is InChI=1S/C9H6BrN3S/c10-8-2-1-7(14-8)6-13-4-3-12-9(13)5-11/h1-4H,6H2. The average molecular weight is 268 g/mol. The minimum Gasteiger partial charge on any atom is -0.317 e. The van der Waals surface area contributed by atoms with Gasteiger partial charge in [-0.05, 0) is 28.1 Å². The minimum atomic E-state index is 0.453. The second-order valence-corrected chi connectivity index (χ2v) is 5.24. The van der Waals surface area contributed by atoms with Crippen molar-refractivity contribution in [1.29, 1.82) is 5.26 Å². The van der Waals surface area contributed by atoms with Crippen molar-refractivity contribution in [3.05, 3.63) is 39.0 Å². The van der Waals surface area contributed by atoms with E-state index in [1.165, 1.54) is 4.88 Å². The Kier molecular flexibility index (Phi) is 2.66. The Balaban J connectivity index is 2.23. The van der Waals surface area contributed by atoms with Crippen molar-refractivity contribution in [2.45, 2.75) is 6.54 Å². The molecule has 2 aromatic heterocycles. The summed E-state index contributed by atoms with van der Waals surface area (Å²) in [5.41, 5.74) is 0. The van der Waals surface area contributed by atoms with Gasteiger partial charge in [0.25, 0.3) is 0 Å². The highest BCUT2D eigenvalue weighted by Gasteiger charge is 2.03. The summed E-state index contributed by atoms with van der Waals surface area (Å²) < 4.78 is 2.93. The van der Waals surface area contributed by atoms with Crippen LogP contribution < -0.4 is 0 Å². The second kappa shape index (κ2) is 3.95. The van der Waals surface area contributed by atoms with E-state index in [2.05, 4.69) is 20.9 Å². The van der Waals surface area contributed by atoms with E-state index in [4.69, 9.17) is 5.26 Å². The van der Waals surface area contributed by atoms with Crippen molar-refractivity contribution in [2.75, 3.05) is 0 Å². The second-order valence-electron chi connectivity index (χ2n) is 2.70. The molecule has 70 valence electrons. The largest absolute Gasteiger partial charge is 0.317 e. The molecule has 0 N–H and O–H groups in total. The minimum absolute atomic E-state index is 0.453. The number of halogens is 1. The van der Waals surface area contributed by atoms with Gasteiger partial charge in [0.2, 0.25) is 5.82 Å². The lowest BCUT2D eigenvalue weighted by Gasteiger charge is -1.99. The number of nitriles is 1. The summed E-state index contributed by atoms with van der Waals surface area (Å²) in [5, 5.41) is 8.75. The van der Waals surface area contributed by atoms with Gasteiger partial charge in [0.1, 0.15) is 6.07 Å². The zero-order valence-corrected chi connectivity index (χ0v) is 9.55. The number of rotatable bonds is 2. The number of hydrogen-bond donors (Lipinski definition) is 0. The smallest absolute Gasteiger partial charge is 0.213 e. The Labute approximate surface area is 93.8 Å². The number of thiophene rings is 1. The van der Waals surface area contributed by atoms with Crippen LogP contribution in [0.3, 0.4) is 0 Å². The van der Waals surface area contributed by atoms with Crippen molar-refractivity contribution < 1.29 is 0 Å². The van der Waals surface area contributed by atoms with Crippen LogP contribution in [0, 0.1) is 11.3 Å². The molecule has 0 fully saturated rings. The zero-order valence-electron chi connectivity index (χ0n) is 7.14. The third kappa shape index (κ3) is 1.86. The van der Waals surface area contributed by atoms with E-state index >= 15 is 0 Å². The molecule has 0 radical (unpaired) electrons. The molecule has 14 heavy (non-hydrogen) atoms. The first-order valence-electron chi connectivity index (χ1n) is 3.95. The maximum Gasteiger partial charge on any atom is 0.213 e. The fourth-order valence-corrected chi connectivity index (χ4v) is 2.64. The molecule has 0 atom stereocenters. The molecule has 3 nitrogen and oxygen atoms in total. The van der Waals surface area contributed by atoms with E-state index < -0.39 is 0 Å². The van der Waals surface area contributed by atoms with Crippen LogP contribution in [0.5, 0.6) is 0 Å². The number of hydrogen-bond acceptors (Lipinski definition) is 3. The summed E-state index contributed by atoms with van der Waals surface area (Å²) in [5.74, 6) is 0.453. The molecule has 0 bridgehead atoms. The maximum atomic E-state index is 8.75. The first-order valence-corrected chi connectivity index (χ1v) is 5.56. The molecule has 0 spiro atoms. The van der Waals surface area contributed by atoms with Gasteiger partial charge in [0.05, 0.1) is 10.3 Å². The molecular formula is C9H6BrN3S. The van der Waals surface area contributed by atoms with Gasteiger partial charge in [0, 0.05) is 17.3 Å². The Morgan fingerprint density at radius 2 is 2.43 bits per heavy atom.